The Balaban J connectivity index is 1.41. The highest BCUT2D eigenvalue weighted by molar-refractivity contribution is 5.86. The monoisotopic (exact) mass is 486 g/mol. The Hall–Kier alpha value is -3.49. The van der Waals surface area contributed by atoms with Crippen LogP contribution in [-0.2, 0) is 14.3 Å². The van der Waals surface area contributed by atoms with Crippen LogP contribution in [0.4, 0.5) is 13.6 Å². The fourth-order valence-electron chi connectivity index (χ4n) is 4.79. The number of aliphatic carboxylic acids is 1. The van der Waals surface area contributed by atoms with Crippen molar-refractivity contribution in [3.05, 3.63) is 59.7 Å². The van der Waals surface area contributed by atoms with Crippen molar-refractivity contribution in [3.63, 3.8) is 0 Å². The zero-order chi connectivity index (χ0) is 25.4. The second-order valence-electron chi connectivity index (χ2n) is 9.59. The average molecular weight is 487 g/mol. The first kappa shape index (κ1) is 24.6. The summed E-state index contributed by atoms with van der Waals surface area (Å²) in [6.07, 6.45) is -1.75. The Morgan fingerprint density at radius 3 is 2.17 bits per heavy atom. The molecule has 2 aromatic rings. The van der Waals surface area contributed by atoms with Gasteiger partial charge < -0.3 is 20.1 Å². The Morgan fingerprint density at radius 2 is 1.66 bits per heavy atom. The molecule has 2 amide bonds. The highest BCUT2D eigenvalue weighted by Gasteiger charge is 2.68. The Kier molecular flexibility index (Phi) is 6.53. The third-order valence-corrected chi connectivity index (χ3v) is 6.91. The van der Waals surface area contributed by atoms with Gasteiger partial charge in [-0.15, -0.1) is 0 Å². The molecule has 0 bridgehead atoms. The highest BCUT2D eigenvalue weighted by Crippen LogP contribution is 2.60. The molecule has 2 unspecified atom stereocenters. The number of hydrogen-bond donors (Lipinski definition) is 2. The van der Waals surface area contributed by atoms with Crippen LogP contribution in [-0.4, -0.2) is 60.1 Å². The standard InChI is InChI=1S/C26H28F2N2O5/c1-25(14-26(25,27)28)15-30(2)23(33)21(11-12-22(31)32)29-24(34)35-13-20-18-9-5-3-7-16(18)17-8-4-6-10-19(17)20/h3-10,20-21H,11-15H2,1-2H3,(H,29,34)(H,31,32). The molecule has 2 aliphatic carbocycles. The van der Waals surface area contributed by atoms with E-state index in [1.54, 1.807) is 0 Å². The number of rotatable bonds is 9. The molecule has 2 aromatic carbocycles. The zero-order valence-electron chi connectivity index (χ0n) is 19.6. The molecule has 186 valence electrons. The summed E-state index contributed by atoms with van der Waals surface area (Å²) >= 11 is 0. The van der Waals surface area contributed by atoms with Gasteiger partial charge in [-0.25, -0.2) is 13.6 Å². The number of carbonyl (C=O) groups is 3. The van der Waals surface area contributed by atoms with Gasteiger partial charge in [-0.05, 0) is 28.7 Å². The molecule has 2 N–H and O–H groups in total. The molecule has 7 nitrogen and oxygen atoms in total. The molecule has 0 aliphatic heterocycles. The molecule has 4 rings (SSSR count). The Bertz CT molecular complexity index is 1110. The number of nitrogens with zero attached hydrogens (tertiary/aromatic N) is 1. The fourth-order valence-corrected chi connectivity index (χ4v) is 4.79. The van der Waals surface area contributed by atoms with Crippen molar-refractivity contribution in [3.8, 4) is 11.1 Å². The van der Waals surface area contributed by atoms with Crippen LogP contribution in [0.25, 0.3) is 11.1 Å². The maximum Gasteiger partial charge on any atom is 0.407 e. The lowest BCUT2D eigenvalue weighted by atomic mass is 9.98. The second kappa shape index (κ2) is 9.28. The maximum absolute atomic E-state index is 13.6. The van der Waals surface area contributed by atoms with Crippen LogP contribution < -0.4 is 5.32 Å². The number of amides is 2. The molecule has 0 heterocycles. The summed E-state index contributed by atoms with van der Waals surface area (Å²) in [5, 5.41) is 11.5. The molecule has 35 heavy (non-hydrogen) atoms. The largest absolute Gasteiger partial charge is 0.481 e. The zero-order valence-corrected chi connectivity index (χ0v) is 19.6. The molecular weight excluding hydrogens is 458 g/mol. The first-order valence-electron chi connectivity index (χ1n) is 11.5. The van der Waals surface area contributed by atoms with Gasteiger partial charge in [0.15, 0.2) is 0 Å². The first-order chi connectivity index (χ1) is 16.5. The minimum atomic E-state index is -2.85. The van der Waals surface area contributed by atoms with E-state index in [1.165, 1.54) is 14.0 Å². The highest BCUT2D eigenvalue weighted by atomic mass is 19.3. The van der Waals surface area contributed by atoms with Crippen molar-refractivity contribution in [2.75, 3.05) is 20.2 Å². The molecule has 0 aromatic heterocycles. The van der Waals surface area contributed by atoms with Crippen LogP contribution in [0.5, 0.6) is 0 Å². The predicted molar refractivity (Wildman–Crippen MR) is 124 cm³/mol. The number of hydrogen-bond acceptors (Lipinski definition) is 4. The van der Waals surface area contributed by atoms with Gasteiger partial charge in [0.2, 0.25) is 5.91 Å². The summed E-state index contributed by atoms with van der Waals surface area (Å²) in [5.41, 5.74) is 2.87. The third kappa shape index (κ3) is 4.99. The van der Waals surface area contributed by atoms with Gasteiger partial charge in [0.1, 0.15) is 12.6 Å². The van der Waals surface area contributed by atoms with Crippen molar-refractivity contribution in [2.24, 2.45) is 5.41 Å². The third-order valence-electron chi connectivity index (χ3n) is 6.91. The second-order valence-corrected chi connectivity index (χ2v) is 9.59. The minimum Gasteiger partial charge on any atom is -0.481 e. The van der Waals surface area contributed by atoms with Gasteiger partial charge in [0.25, 0.3) is 5.92 Å². The summed E-state index contributed by atoms with van der Waals surface area (Å²) in [5.74, 6) is -4.80. The number of carboxylic acids is 1. The molecule has 2 aliphatic rings. The predicted octanol–water partition coefficient (Wildman–Crippen LogP) is 4.26. The first-order valence-corrected chi connectivity index (χ1v) is 11.5. The minimum absolute atomic E-state index is 0.0276. The van der Waals surface area contributed by atoms with Crippen molar-refractivity contribution in [1.29, 1.82) is 0 Å². The van der Waals surface area contributed by atoms with E-state index >= 15 is 0 Å². The molecular formula is C26H28F2N2O5. The number of nitrogens with one attached hydrogen (secondary N) is 1. The lowest BCUT2D eigenvalue weighted by Gasteiger charge is -2.26. The number of carbonyl (C=O) groups excluding carboxylic acids is 2. The number of ether oxygens (including phenoxy) is 1. The Morgan fingerprint density at radius 1 is 1.11 bits per heavy atom. The number of alkyl halides is 2. The molecule has 1 fully saturated rings. The van der Waals surface area contributed by atoms with Crippen LogP contribution in [0.2, 0.25) is 0 Å². The van der Waals surface area contributed by atoms with Crippen molar-refractivity contribution < 1.29 is 33.0 Å². The van der Waals surface area contributed by atoms with Crippen molar-refractivity contribution >= 4 is 18.0 Å². The number of alkyl carbamates (subject to hydrolysis) is 1. The van der Waals surface area contributed by atoms with Gasteiger partial charge in [-0.3, -0.25) is 9.59 Å². The normalized spacial score (nSPS) is 20.3. The molecule has 2 atom stereocenters. The van der Waals surface area contributed by atoms with Crippen LogP contribution in [0, 0.1) is 5.41 Å². The summed E-state index contributed by atoms with van der Waals surface area (Å²) in [6, 6.07) is 14.5. The van der Waals surface area contributed by atoms with Gasteiger partial charge in [0, 0.05) is 32.4 Å². The van der Waals surface area contributed by atoms with E-state index in [-0.39, 0.29) is 38.3 Å². The van der Waals surface area contributed by atoms with E-state index in [2.05, 4.69) is 5.32 Å². The summed E-state index contributed by atoms with van der Waals surface area (Å²) in [4.78, 5) is 37.7. The summed E-state index contributed by atoms with van der Waals surface area (Å²) < 4.78 is 32.7. The molecule has 9 heteroatoms. The maximum atomic E-state index is 13.6. The number of carboxylic acid groups (broad SMARTS) is 1. The van der Waals surface area contributed by atoms with Crippen LogP contribution in [0.1, 0.15) is 43.2 Å². The molecule has 0 radical (unpaired) electrons. The van der Waals surface area contributed by atoms with Gasteiger partial charge in [-0.1, -0.05) is 55.5 Å². The van der Waals surface area contributed by atoms with Crippen molar-refractivity contribution in [1.82, 2.24) is 10.2 Å². The molecule has 0 spiro atoms. The number of halogens is 2. The summed E-state index contributed by atoms with van der Waals surface area (Å²) in [7, 11) is 1.37. The molecule has 1 saturated carbocycles. The number of benzene rings is 2. The smallest absolute Gasteiger partial charge is 0.407 e. The molecule has 0 saturated heterocycles. The average Bonchev–Trinajstić information content (AvgIpc) is 3.16. The van der Waals surface area contributed by atoms with Gasteiger partial charge in [-0.2, -0.15) is 0 Å². The van der Waals surface area contributed by atoms with Gasteiger partial charge in [0.05, 0.1) is 5.41 Å². The number of fused-ring (bicyclic) bond motifs is 3. The van der Waals surface area contributed by atoms with E-state index < -0.39 is 35.3 Å². The van der Waals surface area contributed by atoms with Crippen LogP contribution in [0.15, 0.2) is 48.5 Å². The van der Waals surface area contributed by atoms with Crippen LogP contribution in [0.3, 0.4) is 0 Å². The van der Waals surface area contributed by atoms with Crippen LogP contribution >= 0.6 is 0 Å². The van der Waals surface area contributed by atoms with E-state index in [0.717, 1.165) is 27.2 Å². The lowest BCUT2D eigenvalue weighted by Crippen LogP contribution is -2.49. The topological polar surface area (TPSA) is 95.9 Å². The lowest BCUT2D eigenvalue weighted by molar-refractivity contribution is -0.138. The van der Waals surface area contributed by atoms with E-state index in [4.69, 9.17) is 9.84 Å². The summed E-state index contributed by atoms with van der Waals surface area (Å²) in [6.45, 7) is 1.22. The quantitative estimate of drug-likeness (QED) is 0.552. The Labute approximate surface area is 202 Å². The number of likely N-dealkylation sites (N-methyl/N-ethyl adjacent to an activating group) is 1. The van der Waals surface area contributed by atoms with E-state index in [1.807, 2.05) is 48.5 Å². The van der Waals surface area contributed by atoms with E-state index in [9.17, 15) is 23.2 Å². The van der Waals surface area contributed by atoms with Gasteiger partial charge >= 0.3 is 12.1 Å². The van der Waals surface area contributed by atoms with Crippen molar-refractivity contribution in [2.45, 2.75) is 44.1 Å². The van der Waals surface area contributed by atoms with E-state index in [0.29, 0.717) is 0 Å². The SMILES string of the molecule is CN(CC1(C)CC1(F)F)C(=O)C(CCC(=O)O)NC(=O)OCC1c2ccccc2-c2ccccc21. The fraction of sp³-hybridized carbons (Fsp3) is 0.423.